The molecule has 1 aromatic heterocycles. The van der Waals surface area contributed by atoms with E-state index in [0.717, 1.165) is 5.69 Å². The van der Waals surface area contributed by atoms with E-state index in [2.05, 4.69) is 51.5 Å². The average Bonchev–Trinajstić information content (AvgIpc) is 2.30. The molecule has 0 saturated carbocycles. The van der Waals surface area contributed by atoms with Crippen molar-refractivity contribution in [2.24, 2.45) is 0 Å². The number of benzene rings is 1. The highest BCUT2D eigenvalue weighted by Gasteiger charge is 2.27. The van der Waals surface area contributed by atoms with Crippen LogP contribution in [-0.4, -0.2) is 23.4 Å². The lowest BCUT2D eigenvalue weighted by molar-refractivity contribution is 0.951. The number of aromatic nitrogens is 3. The second-order valence-corrected chi connectivity index (χ2v) is 9.57. The topological polar surface area (TPSA) is 41.9 Å². The molecule has 0 aliphatic rings. The summed E-state index contributed by atoms with van der Waals surface area (Å²) in [4.78, 5) is 4.31. The van der Waals surface area contributed by atoms with Crippen molar-refractivity contribution in [3.8, 4) is 0 Å². The van der Waals surface area contributed by atoms with Gasteiger partial charge in [0.15, 0.2) is 8.24 Å². The number of hydrogen-bond donors (Lipinski definition) is 0. The Labute approximate surface area is 102 Å². The second-order valence-electron chi connectivity index (χ2n) is 4.78. The predicted octanol–water partition coefficient (Wildman–Crippen LogP) is 2.84. The van der Waals surface area contributed by atoms with Gasteiger partial charge in [-0.2, -0.15) is 5.10 Å². The minimum atomic E-state index is -1.60. The fourth-order valence-corrected chi connectivity index (χ4v) is 3.35. The van der Waals surface area contributed by atoms with Gasteiger partial charge in [0.25, 0.3) is 0 Å². The third-order valence-corrected chi connectivity index (χ3v) is 4.16. The molecule has 2 rings (SSSR count). The molecular formula is C12H16N4Si. The molecule has 0 spiro atoms. The van der Waals surface area contributed by atoms with E-state index in [1.165, 1.54) is 0 Å². The van der Waals surface area contributed by atoms with Crippen LogP contribution in [0.25, 0.3) is 0 Å². The van der Waals surface area contributed by atoms with Crippen LogP contribution in [0.5, 0.6) is 0 Å². The molecule has 5 heteroatoms. The van der Waals surface area contributed by atoms with Crippen molar-refractivity contribution in [1.82, 2.24) is 15.2 Å². The maximum atomic E-state index is 4.31. The third-order valence-electron chi connectivity index (χ3n) is 2.36. The summed E-state index contributed by atoms with van der Waals surface area (Å²) >= 11 is 0. The van der Waals surface area contributed by atoms with Gasteiger partial charge >= 0.3 is 0 Å². The quantitative estimate of drug-likeness (QED) is 0.779. The van der Waals surface area contributed by atoms with Crippen molar-refractivity contribution >= 4 is 19.9 Å². The third kappa shape index (κ3) is 2.68. The van der Waals surface area contributed by atoms with E-state index in [-0.39, 0.29) is 0 Å². The van der Waals surface area contributed by atoms with E-state index in [1.54, 1.807) is 12.4 Å². The number of nitrogens with zero attached hydrogens (tertiary/aromatic N) is 4. The first kappa shape index (κ1) is 11.7. The Morgan fingerprint density at radius 1 is 1.00 bits per heavy atom. The van der Waals surface area contributed by atoms with Gasteiger partial charge in [-0.3, -0.25) is 0 Å². The van der Waals surface area contributed by atoms with Gasteiger partial charge in [-0.05, 0) is 12.1 Å². The van der Waals surface area contributed by atoms with Crippen LogP contribution >= 0.6 is 0 Å². The highest BCUT2D eigenvalue weighted by Crippen LogP contribution is 2.27. The molecule has 0 fully saturated rings. The lowest BCUT2D eigenvalue weighted by Gasteiger charge is -2.33. The molecule has 88 valence electrons. The summed E-state index contributed by atoms with van der Waals surface area (Å²) in [5.74, 6) is 0.679. The van der Waals surface area contributed by atoms with Gasteiger partial charge in [0, 0.05) is 5.69 Å². The number of anilines is 2. The summed E-state index contributed by atoms with van der Waals surface area (Å²) in [7, 11) is -1.60. The maximum absolute atomic E-state index is 4.31. The molecule has 0 radical (unpaired) electrons. The summed E-state index contributed by atoms with van der Waals surface area (Å²) < 4.78 is 2.21. The molecule has 0 unspecified atom stereocenters. The first-order chi connectivity index (χ1) is 8.09. The van der Waals surface area contributed by atoms with Gasteiger partial charge in [0.1, 0.15) is 0 Å². The molecule has 2 aromatic rings. The van der Waals surface area contributed by atoms with Crippen LogP contribution in [0, 0.1) is 0 Å². The van der Waals surface area contributed by atoms with Gasteiger partial charge < -0.3 is 4.57 Å². The average molecular weight is 244 g/mol. The Balaban J connectivity index is 2.48. The molecule has 1 heterocycles. The molecule has 0 aliphatic heterocycles. The second kappa shape index (κ2) is 4.63. The monoisotopic (exact) mass is 244 g/mol. The predicted molar refractivity (Wildman–Crippen MR) is 71.8 cm³/mol. The summed E-state index contributed by atoms with van der Waals surface area (Å²) in [6, 6.07) is 10.2. The van der Waals surface area contributed by atoms with Crippen LogP contribution in [-0.2, 0) is 0 Å². The highest BCUT2D eigenvalue weighted by atomic mass is 28.3. The van der Waals surface area contributed by atoms with E-state index in [9.17, 15) is 0 Å². The van der Waals surface area contributed by atoms with Crippen molar-refractivity contribution < 1.29 is 0 Å². The van der Waals surface area contributed by atoms with E-state index in [4.69, 9.17) is 0 Å². The largest absolute Gasteiger partial charge is 0.338 e. The zero-order chi connectivity index (χ0) is 12.3. The Bertz CT molecular complexity index is 427. The Morgan fingerprint density at radius 2 is 1.71 bits per heavy atom. The fourth-order valence-electron chi connectivity index (χ4n) is 1.72. The Hall–Kier alpha value is -1.75. The molecule has 17 heavy (non-hydrogen) atoms. The first-order valence-corrected chi connectivity index (χ1v) is 9.03. The zero-order valence-electron chi connectivity index (χ0n) is 10.3. The van der Waals surface area contributed by atoms with Gasteiger partial charge in [-0.15, -0.1) is 5.10 Å². The molecule has 0 atom stereocenters. The molecule has 1 aromatic carbocycles. The molecule has 4 nitrogen and oxygen atoms in total. The van der Waals surface area contributed by atoms with Gasteiger partial charge in [0.05, 0.1) is 12.4 Å². The molecule has 0 aliphatic carbocycles. The van der Waals surface area contributed by atoms with Crippen LogP contribution in [0.15, 0.2) is 42.7 Å². The molecule has 0 saturated heterocycles. The van der Waals surface area contributed by atoms with Crippen LogP contribution in [0.1, 0.15) is 0 Å². The SMILES string of the molecule is C[Si](C)(C)N(c1ccccc1)c1nccnn1. The summed E-state index contributed by atoms with van der Waals surface area (Å²) in [5.41, 5.74) is 1.12. The highest BCUT2D eigenvalue weighted by molar-refractivity contribution is 6.80. The van der Waals surface area contributed by atoms with E-state index >= 15 is 0 Å². The lowest BCUT2D eigenvalue weighted by atomic mass is 10.3. The maximum Gasteiger partial charge on any atom is 0.241 e. The van der Waals surface area contributed by atoms with Crippen molar-refractivity contribution in [3.63, 3.8) is 0 Å². The summed E-state index contributed by atoms with van der Waals surface area (Å²) in [5, 5.41) is 8.03. The number of hydrogen-bond acceptors (Lipinski definition) is 4. The van der Waals surface area contributed by atoms with E-state index in [1.807, 2.05) is 18.2 Å². The van der Waals surface area contributed by atoms with Gasteiger partial charge in [-0.1, -0.05) is 37.8 Å². The minimum absolute atomic E-state index is 0.679. The minimum Gasteiger partial charge on any atom is -0.338 e. The summed E-state index contributed by atoms with van der Waals surface area (Å²) in [6.45, 7) is 6.78. The van der Waals surface area contributed by atoms with Crippen LogP contribution < -0.4 is 4.57 Å². The molecular weight excluding hydrogens is 228 g/mol. The van der Waals surface area contributed by atoms with Crippen molar-refractivity contribution in [1.29, 1.82) is 0 Å². The van der Waals surface area contributed by atoms with Gasteiger partial charge in [0.2, 0.25) is 5.95 Å². The van der Waals surface area contributed by atoms with Crippen molar-refractivity contribution in [2.45, 2.75) is 19.6 Å². The standard InChI is InChI=1S/C12H16N4Si/c1-17(2,3)16(11-7-5-4-6-8-11)12-13-9-10-14-15-12/h4-10H,1-3H3. The molecule has 0 amide bonds. The van der Waals surface area contributed by atoms with E-state index in [0.29, 0.717) is 5.95 Å². The molecule has 0 bridgehead atoms. The van der Waals surface area contributed by atoms with Crippen LogP contribution in [0.2, 0.25) is 19.6 Å². The summed E-state index contributed by atoms with van der Waals surface area (Å²) in [6.07, 6.45) is 3.27. The Kier molecular flexibility index (Phi) is 3.19. The fraction of sp³-hybridized carbons (Fsp3) is 0.250. The number of para-hydroxylation sites is 1. The van der Waals surface area contributed by atoms with Crippen LogP contribution in [0.4, 0.5) is 11.6 Å². The van der Waals surface area contributed by atoms with Gasteiger partial charge in [-0.25, -0.2) is 4.98 Å². The first-order valence-electron chi connectivity index (χ1n) is 5.58. The Morgan fingerprint density at radius 3 is 2.24 bits per heavy atom. The lowest BCUT2D eigenvalue weighted by Crippen LogP contribution is -2.43. The van der Waals surface area contributed by atoms with Crippen molar-refractivity contribution in [3.05, 3.63) is 42.7 Å². The normalized spacial score (nSPS) is 11.2. The van der Waals surface area contributed by atoms with E-state index < -0.39 is 8.24 Å². The number of rotatable bonds is 3. The van der Waals surface area contributed by atoms with Crippen LogP contribution in [0.3, 0.4) is 0 Å². The smallest absolute Gasteiger partial charge is 0.241 e. The zero-order valence-corrected chi connectivity index (χ0v) is 11.3. The molecule has 0 N–H and O–H groups in total. The van der Waals surface area contributed by atoms with Crippen molar-refractivity contribution in [2.75, 3.05) is 4.57 Å².